The van der Waals surface area contributed by atoms with Crippen LogP contribution >= 0.6 is 0 Å². The lowest BCUT2D eigenvalue weighted by molar-refractivity contribution is -0.275. The van der Waals surface area contributed by atoms with Crippen LogP contribution in [0.15, 0.2) is 11.8 Å². The van der Waals surface area contributed by atoms with Gasteiger partial charge >= 0.3 is 0 Å². The van der Waals surface area contributed by atoms with E-state index in [2.05, 4.69) is 0 Å². The molecule has 0 aliphatic heterocycles. The van der Waals surface area contributed by atoms with E-state index in [1.165, 1.54) is 6.92 Å². The number of hydrogen-bond donors (Lipinski definition) is 0. The van der Waals surface area contributed by atoms with Crippen molar-refractivity contribution in [2.75, 3.05) is 0 Å². The van der Waals surface area contributed by atoms with Crippen LogP contribution in [0.5, 0.6) is 0 Å². The van der Waals surface area contributed by atoms with Crippen molar-refractivity contribution in [2.24, 2.45) is 0 Å². The van der Waals surface area contributed by atoms with Crippen molar-refractivity contribution < 1.29 is 9.90 Å². The quantitative estimate of drug-likeness (QED) is 0.243. The summed E-state index contributed by atoms with van der Waals surface area (Å²) in [5.74, 6) is 0. The van der Waals surface area contributed by atoms with Gasteiger partial charge in [0.05, 0.1) is 0 Å². The van der Waals surface area contributed by atoms with Crippen LogP contribution in [0, 0.1) is 0 Å². The average molecular weight is 85.1 g/mol. The summed E-state index contributed by atoms with van der Waals surface area (Å²) in [6, 6.07) is 0. The van der Waals surface area contributed by atoms with Crippen molar-refractivity contribution in [2.45, 2.75) is 6.92 Å². The van der Waals surface area contributed by atoms with Crippen molar-refractivity contribution in [3.8, 4) is 0 Å². The zero-order valence-electron chi connectivity index (χ0n) is 3.47. The van der Waals surface area contributed by atoms with Crippen LogP contribution in [0.25, 0.3) is 0 Å². The fraction of sp³-hybridized carbons (Fsp3) is 0.250. The van der Waals surface area contributed by atoms with Crippen LogP contribution in [0.4, 0.5) is 0 Å². The Morgan fingerprint density at radius 2 is 2.33 bits per heavy atom. The summed E-state index contributed by atoms with van der Waals surface area (Å²) in [5.41, 5.74) is 0.231. The molecule has 2 heteroatoms. The highest BCUT2D eigenvalue weighted by Crippen LogP contribution is 1.75. The van der Waals surface area contributed by atoms with Crippen molar-refractivity contribution in [1.82, 2.24) is 0 Å². The zero-order chi connectivity index (χ0) is 4.99. The molecule has 0 saturated heterocycles. The number of aldehydes is 1. The minimum absolute atomic E-state index is 0.231. The Balaban J connectivity index is 3.50. The minimum atomic E-state index is 0.231. The van der Waals surface area contributed by atoms with E-state index < -0.39 is 0 Å². The topological polar surface area (TPSA) is 40.1 Å². The maximum atomic E-state index is 9.47. The van der Waals surface area contributed by atoms with Crippen LogP contribution in [-0.4, -0.2) is 6.29 Å². The molecule has 0 rings (SSSR count). The van der Waals surface area contributed by atoms with Crippen LogP contribution in [-0.2, 0) is 4.79 Å². The summed E-state index contributed by atoms with van der Waals surface area (Å²) < 4.78 is 0. The van der Waals surface area contributed by atoms with E-state index in [4.69, 9.17) is 0 Å². The van der Waals surface area contributed by atoms with Crippen molar-refractivity contribution in [3.05, 3.63) is 11.8 Å². The predicted octanol–water partition coefficient (Wildman–Crippen LogP) is -0.551. The van der Waals surface area contributed by atoms with Crippen molar-refractivity contribution >= 4 is 6.29 Å². The summed E-state index contributed by atoms with van der Waals surface area (Å²) in [6.45, 7) is 1.46. The number of rotatable bonds is 1. The van der Waals surface area contributed by atoms with Crippen LogP contribution in [0.1, 0.15) is 6.92 Å². The Morgan fingerprint density at radius 1 is 1.83 bits per heavy atom. The van der Waals surface area contributed by atoms with Gasteiger partial charge in [-0.2, -0.15) is 0 Å². The molecule has 0 heterocycles. The molecule has 0 spiro atoms. The molecular formula is C4H5O2-. The van der Waals surface area contributed by atoms with Crippen molar-refractivity contribution in [1.29, 1.82) is 0 Å². The van der Waals surface area contributed by atoms with Gasteiger partial charge in [0.25, 0.3) is 0 Å². The zero-order valence-corrected chi connectivity index (χ0v) is 3.47. The van der Waals surface area contributed by atoms with Gasteiger partial charge in [-0.3, -0.25) is 4.79 Å². The second kappa shape index (κ2) is 2.45. The number of hydrogen-bond acceptors (Lipinski definition) is 2. The van der Waals surface area contributed by atoms with Gasteiger partial charge in [-0.1, -0.05) is 0 Å². The summed E-state index contributed by atoms with van der Waals surface area (Å²) in [4.78, 5) is 9.47. The molecule has 0 amide bonds. The van der Waals surface area contributed by atoms with E-state index in [1.54, 1.807) is 0 Å². The van der Waals surface area contributed by atoms with E-state index in [1.807, 2.05) is 0 Å². The molecule has 0 radical (unpaired) electrons. The first kappa shape index (κ1) is 5.21. The van der Waals surface area contributed by atoms with Gasteiger partial charge in [0.2, 0.25) is 0 Å². The number of allylic oxidation sites excluding steroid dienone is 1. The molecule has 0 saturated carbocycles. The summed E-state index contributed by atoms with van der Waals surface area (Å²) in [7, 11) is 0. The molecule has 6 heavy (non-hydrogen) atoms. The molecule has 0 bridgehead atoms. The van der Waals surface area contributed by atoms with Crippen LogP contribution in [0.3, 0.4) is 0 Å². The van der Waals surface area contributed by atoms with E-state index in [0.717, 1.165) is 0 Å². The highest BCUT2D eigenvalue weighted by molar-refractivity contribution is 5.71. The third-order valence-electron chi connectivity index (χ3n) is 0.372. The first-order valence-electron chi connectivity index (χ1n) is 1.55. The van der Waals surface area contributed by atoms with Gasteiger partial charge in [-0.25, -0.2) is 0 Å². The van der Waals surface area contributed by atoms with Crippen LogP contribution in [0.2, 0.25) is 0 Å². The molecule has 0 atom stereocenters. The smallest absolute Gasteiger partial charge is 0.144 e. The largest absolute Gasteiger partial charge is 0.878 e. The standard InChI is InChI=1S/C4H6O2/c1-4(2-5)3-6/h2-3,5H,1H3/p-1/b4-2+. The Morgan fingerprint density at radius 3 is 2.33 bits per heavy atom. The second-order valence-corrected chi connectivity index (χ2v) is 0.980. The Labute approximate surface area is 36.1 Å². The fourth-order valence-corrected chi connectivity index (χ4v) is 0.0278. The van der Waals surface area contributed by atoms with E-state index in [0.29, 0.717) is 12.5 Å². The first-order valence-corrected chi connectivity index (χ1v) is 1.55. The second-order valence-electron chi connectivity index (χ2n) is 0.980. The summed E-state index contributed by atoms with van der Waals surface area (Å²) in [6.07, 6.45) is 1.04. The monoisotopic (exact) mass is 85.0 g/mol. The normalized spacial score (nSPS) is 11.2. The van der Waals surface area contributed by atoms with Gasteiger partial charge < -0.3 is 5.11 Å². The maximum absolute atomic E-state index is 9.47. The minimum Gasteiger partial charge on any atom is -0.878 e. The lowest BCUT2D eigenvalue weighted by Crippen LogP contribution is -1.89. The summed E-state index contributed by atoms with van der Waals surface area (Å²) in [5, 5.41) is 9.47. The Hall–Kier alpha value is -0.790. The lowest BCUT2D eigenvalue weighted by Gasteiger charge is -1.87. The molecule has 0 aromatic carbocycles. The highest BCUT2D eigenvalue weighted by Gasteiger charge is 1.68. The molecule has 0 aliphatic rings. The molecule has 2 nitrogen and oxygen atoms in total. The molecule has 34 valence electrons. The molecule has 0 aromatic rings. The number of carbonyl (C=O) groups excluding carboxylic acids is 1. The van der Waals surface area contributed by atoms with Crippen molar-refractivity contribution in [3.63, 3.8) is 0 Å². The average Bonchev–Trinajstić information content (AvgIpc) is 1.65. The molecule has 0 aromatic heterocycles. The van der Waals surface area contributed by atoms with E-state index in [9.17, 15) is 9.90 Å². The van der Waals surface area contributed by atoms with Gasteiger partial charge in [0.1, 0.15) is 6.29 Å². The first-order chi connectivity index (χ1) is 2.81. The van der Waals surface area contributed by atoms with Gasteiger partial charge in [0, 0.05) is 0 Å². The highest BCUT2D eigenvalue weighted by atomic mass is 16.2. The molecule has 0 unspecified atom stereocenters. The van der Waals surface area contributed by atoms with Gasteiger partial charge in [0.15, 0.2) is 0 Å². The lowest BCUT2D eigenvalue weighted by atomic mass is 10.4. The molecular weight excluding hydrogens is 80.0 g/mol. The fourth-order valence-electron chi connectivity index (χ4n) is 0.0278. The maximum Gasteiger partial charge on any atom is 0.144 e. The third-order valence-corrected chi connectivity index (χ3v) is 0.372. The van der Waals surface area contributed by atoms with Gasteiger partial charge in [-0.15, -0.1) is 6.26 Å². The number of carbonyl (C=O) groups is 1. The predicted molar refractivity (Wildman–Crippen MR) is 19.8 cm³/mol. The van der Waals surface area contributed by atoms with E-state index in [-0.39, 0.29) is 5.57 Å². The molecule has 0 aliphatic carbocycles. The van der Waals surface area contributed by atoms with Gasteiger partial charge in [-0.05, 0) is 12.5 Å². The summed E-state index contributed by atoms with van der Waals surface area (Å²) >= 11 is 0. The van der Waals surface area contributed by atoms with E-state index >= 15 is 0 Å². The SMILES string of the molecule is C/C(C=O)=C\[O-]. The van der Waals surface area contributed by atoms with Crippen LogP contribution < -0.4 is 5.11 Å². The Bertz CT molecular complexity index is 73.6. The molecule has 0 fully saturated rings. The molecule has 0 N–H and O–H groups in total. The Kier molecular flexibility index (Phi) is 2.13. The third kappa shape index (κ3) is 1.52.